The number of hydrogen-bond acceptors (Lipinski definition) is 1. The van der Waals surface area contributed by atoms with E-state index in [1.165, 1.54) is 10.8 Å². The van der Waals surface area contributed by atoms with Crippen molar-refractivity contribution in [3.05, 3.63) is 84.3 Å². The summed E-state index contributed by atoms with van der Waals surface area (Å²) in [6.45, 7) is 7.31. The first-order valence-corrected chi connectivity index (χ1v) is 9.11. The van der Waals surface area contributed by atoms with Crippen LogP contribution in [0.25, 0.3) is 59.7 Å². The monoisotopic (exact) mass is 358 g/mol. The van der Waals surface area contributed by atoms with Crippen molar-refractivity contribution in [2.45, 2.75) is 0 Å². The van der Waals surface area contributed by atoms with Gasteiger partial charge in [0.15, 0.2) is 5.69 Å². The quantitative estimate of drug-likeness (QED) is 0.253. The van der Waals surface area contributed by atoms with Crippen molar-refractivity contribution in [2.24, 2.45) is 0 Å². The van der Waals surface area contributed by atoms with Gasteiger partial charge in [0.2, 0.25) is 0 Å². The van der Waals surface area contributed by atoms with Crippen LogP contribution >= 0.6 is 0 Å². The molecule has 4 nitrogen and oxygen atoms in total. The molecule has 0 aliphatic rings. The first-order chi connectivity index (χ1) is 13.8. The van der Waals surface area contributed by atoms with E-state index >= 15 is 0 Å². The molecule has 0 unspecified atom stereocenters. The Morgan fingerprint density at radius 1 is 0.786 bits per heavy atom. The number of rotatable bonds is 1. The minimum Gasteiger partial charge on any atom is -0.361 e. The van der Waals surface area contributed by atoms with Crippen LogP contribution in [0, 0.1) is 6.57 Å². The fraction of sp³-hybridized carbons (Fsp3) is 0. The van der Waals surface area contributed by atoms with Gasteiger partial charge in [0.05, 0.1) is 17.6 Å². The van der Waals surface area contributed by atoms with Crippen LogP contribution in [0.3, 0.4) is 0 Å². The number of nitrogens with one attached hydrogen (secondary N) is 2. The largest absolute Gasteiger partial charge is 0.361 e. The minimum absolute atomic E-state index is 0.625. The summed E-state index contributed by atoms with van der Waals surface area (Å²) in [6, 6.07) is 22.5. The van der Waals surface area contributed by atoms with E-state index in [1.807, 2.05) is 24.4 Å². The molecule has 0 amide bonds. The summed E-state index contributed by atoms with van der Waals surface area (Å²) in [6.07, 6.45) is 1.96. The minimum atomic E-state index is 0.625. The molecular formula is C24H14N4. The average Bonchev–Trinajstić information content (AvgIpc) is 3.38. The lowest BCUT2D eigenvalue weighted by Gasteiger charge is -2.05. The highest BCUT2D eigenvalue weighted by atomic mass is 14.9. The van der Waals surface area contributed by atoms with Crippen LogP contribution in [-0.2, 0) is 0 Å². The van der Waals surface area contributed by atoms with Gasteiger partial charge in [-0.3, -0.25) is 0 Å². The lowest BCUT2D eigenvalue weighted by Crippen LogP contribution is -1.81. The van der Waals surface area contributed by atoms with Gasteiger partial charge in [0.25, 0.3) is 0 Å². The summed E-state index contributed by atoms with van der Waals surface area (Å²) in [7, 11) is 0. The van der Waals surface area contributed by atoms with Crippen LogP contribution in [0.1, 0.15) is 0 Å². The Bertz CT molecular complexity index is 1500. The number of aromatic nitrogens is 3. The standard InChI is InChI=1S/C24H14N4/c1-25-14-10-11-21-19(12-14)20(13-26-21)24-27-22-17-8-4-2-6-15(17)16-7-3-5-9-18(16)23(22)28-24/h2-13,26H,(H,27,28). The lowest BCUT2D eigenvalue weighted by atomic mass is 10.0. The van der Waals surface area contributed by atoms with Gasteiger partial charge >= 0.3 is 0 Å². The van der Waals surface area contributed by atoms with Crippen molar-refractivity contribution in [3.63, 3.8) is 0 Å². The molecule has 6 aromatic rings. The molecule has 0 aliphatic carbocycles. The van der Waals surface area contributed by atoms with Crippen molar-refractivity contribution in [3.8, 4) is 11.4 Å². The van der Waals surface area contributed by atoms with Gasteiger partial charge in [-0.05, 0) is 28.3 Å². The predicted molar refractivity (Wildman–Crippen MR) is 115 cm³/mol. The van der Waals surface area contributed by atoms with E-state index in [0.717, 1.165) is 44.1 Å². The molecule has 0 fully saturated rings. The Hall–Kier alpha value is -4.10. The fourth-order valence-electron chi connectivity index (χ4n) is 4.13. The van der Waals surface area contributed by atoms with Gasteiger partial charge in [-0.1, -0.05) is 54.6 Å². The Morgan fingerprint density at radius 2 is 1.50 bits per heavy atom. The Balaban J connectivity index is 1.74. The van der Waals surface area contributed by atoms with Gasteiger partial charge in [0.1, 0.15) is 5.82 Å². The summed E-state index contributed by atoms with van der Waals surface area (Å²) in [5, 5.41) is 5.73. The third-order valence-electron chi connectivity index (χ3n) is 5.42. The number of H-pyrrole nitrogens is 2. The zero-order valence-corrected chi connectivity index (χ0v) is 14.8. The van der Waals surface area contributed by atoms with Crippen LogP contribution in [0.5, 0.6) is 0 Å². The van der Waals surface area contributed by atoms with Crippen molar-refractivity contribution in [1.29, 1.82) is 0 Å². The molecule has 4 heteroatoms. The van der Waals surface area contributed by atoms with E-state index in [0.29, 0.717) is 5.69 Å². The fourth-order valence-corrected chi connectivity index (χ4v) is 4.13. The lowest BCUT2D eigenvalue weighted by molar-refractivity contribution is 1.34. The Morgan fingerprint density at radius 3 is 2.29 bits per heavy atom. The van der Waals surface area contributed by atoms with Crippen LogP contribution < -0.4 is 0 Å². The van der Waals surface area contributed by atoms with Crippen LogP contribution in [0.4, 0.5) is 5.69 Å². The molecule has 130 valence electrons. The molecule has 28 heavy (non-hydrogen) atoms. The molecule has 0 saturated carbocycles. The van der Waals surface area contributed by atoms with E-state index in [2.05, 4.69) is 63.3 Å². The molecule has 6 rings (SSSR count). The van der Waals surface area contributed by atoms with Crippen molar-refractivity contribution in [2.75, 3.05) is 0 Å². The maximum Gasteiger partial charge on any atom is 0.188 e. The van der Waals surface area contributed by atoms with E-state index in [4.69, 9.17) is 11.6 Å². The van der Waals surface area contributed by atoms with E-state index in [-0.39, 0.29) is 0 Å². The third-order valence-corrected chi connectivity index (χ3v) is 5.42. The normalized spacial score (nSPS) is 11.5. The molecule has 0 atom stereocenters. The number of fused-ring (bicyclic) bond motifs is 7. The van der Waals surface area contributed by atoms with Crippen molar-refractivity contribution < 1.29 is 0 Å². The highest BCUT2D eigenvalue weighted by molar-refractivity contribution is 6.23. The van der Waals surface area contributed by atoms with Gasteiger partial charge in [0, 0.05) is 28.0 Å². The first-order valence-electron chi connectivity index (χ1n) is 9.11. The molecule has 2 heterocycles. The third kappa shape index (κ3) is 1.96. The first kappa shape index (κ1) is 15.0. The molecular weight excluding hydrogens is 344 g/mol. The second kappa shape index (κ2) is 5.45. The average molecular weight is 358 g/mol. The molecule has 2 N–H and O–H groups in total. The molecule has 4 aromatic carbocycles. The smallest absolute Gasteiger partial charge is 0.188 e. The van der Waals surface area contributed by atoms with Crippen molar-refractivity contribution in [1.82, 2.24) is 15.0 Å². The summed E-state index contributed by atoms with van der Waals surface area (Å²) in [5.74, 6) is 0.810. The zero-order valence-electron chi connectivity index (χ0n) is 14.8. The number of aromatic amines is 2. The number of benzene rings is 4. The SMILES string of the molecule is [C-]#[N+]c1ccc2[nH]cc(-c3nc4c5ccccc5c5ccccc5c4[nH]3)c2c1. The Labute approximate surface area is 160 Å². The van der Waals surface area contributed by atoms with Gasteiger partial charge in [-0.15, -0.1) is 0 Å². The number of imidazole rings is 1. The van der Waals surface area contributed by atoms with E-state index < -0.39 is 0 Å². The molecule has 0 radical (unpaired) electrons. The summed E-state index contributed by atoms with van der Waals surface area (Å²) >= 11 is 0. The Kier molecular flexibility index (Phi) is 2.92. The molecule has 0 saturated heterocycles. The number of hydrogen-bond donors (Lipinski definition) is 2. The highest BCUT2D eigenvalue weighted by Crippen LogP contribution is 2.37. The van der Waals surface area contributed by atoms with E-state index in [1.54, 1.807) is 0 Å². The molecule has 0 spiro atoms. The maximum atomic E-state index is 7.31. The number of nitrogens with zero attached hydrogens (tertiary/aromatic N) is 2. The van der Waals surface area contributed by atoms with Crippen LogP contribution in [0.15, 0.2) is 72.9 Å². The highest BCUT2D eigenvalue weighted by Gasteiger charge is 2.15. The second-order valence-electron chi connectivity index (χ2n) is 6.94. The van der Waals surface area contributed by atoms with Gasteiger partial charge in [-0.2, -0.15) is 0 Å². The molecule has 0 aliphatic heterocycles. The maximum absolute atomic E-state index is 7.31. The van der Waals surface area contributed by atoms with Crippen molar-refractivity contribution >= 4 is 49.2 Å². The topological polar surface area (TPSA) is 48.8 Å². The summed E-state index contributed by atoms with van der Waals surface area (Å²) in [4.78, 5) is 15.4. The molecule has 0 bridgehead atoms. The van der Waals surface area contributed by atoms with E-state index in [9.17, 15) is 0 Å². The van der Waals surface area contributed by atoms with Gasteiger partial charge < -0.3 is 9.97 Å². The second-order valence-corrected chi connectivity index (χ2v) is 6.94. The summed E-state index contributed by atoms with van der Waals surface area (Å²) in [5.41, 5.74) is 4.61. The predicted octanol–water partition coefficient (Wildman–Crippen LogP) is 6.57. The van der Waals surface area contributed by atoms with Crippen LogP contribution in [0.2, 0.25) is 0 Å². The van der Waals surface area contributed by atoms with Gasteiger partial charge in [-0.25, -0.2) is 9.83 Å². The summed E-state index contributed by atoms with van der Waals surface area (Å²) < 4.78 is 0. The zero-order chi connectivity index (χ0) is 18.7. The van der Waals surface area contributed by atoms with Crippen LogP contribution in [-0.4, -0.2) is 15.0 Å². The molecule has 2 aromatic heterocycles.